The van der Waals surface area contributed by atoms with Gasteiger partial charge in [0.15, 0.2) is 5.11 Å². The van der Waals surface area contributed by atoms with E-state index in [4.69, 9.17) is 12.2 Å². The third-order valence-electron chi connectivity index (χ3n) is 4.85. The maximum absolute atomic E-state index is 5.63. The van der Waals surface area contributed by atoms with Gasteiger partial charge in [-0.2, -0.15) is 0 Å². The first kappa shape index (κ1) is 16.7. The van der Waals surface area contributed by atoms with Crippen molar-refractivity contribution in [2.75, 3.05) is 6.54 Å². The summed E-state index contributed by atoms with van der Waals surface area (Å²) in [4.78, 5) is 11.1. The van der Waals surface area contributed by atoms with Crippen LogP contribution < -0.4 is 5.32 Å². The summed E-state index contributed by atoms with van der Waals surface area (Å²) >= 11 is 5.63. The predicted octanol–water partition coefficient (Wildman–Crippen LogP) is 3.57. The first-order valence-electron chi connectivity index (χ1n) is 8.77. The lowest BCUT2D eigenvalue weighted by Gasteiger charge is -2.28. The van der Waals surface area contributed by atoms with Crippen LogP contribution in [-0.4, -0.2) is 31.1 Å². The van der Waals surface area contributed by atoms with Gasteiger partial charge in [0.1, 0.15) is 0 Å². The lowest BCUT2D eigenvalue weighted by molar-refractivity contribution is 0.320. The Labute approximate surface area is 158 Å². The Balaban J connectivity index is 1.85. The molecule has 4 heterocycles. The van der Waals surface area contributed by atoms with Gasteiger partial charge in [0.25, 0.3) is 0 Å². The van der Waals surface area contributed by atoms with Gasteiger partial charge in [-0.25, -0.2) is 0 Å². The van der Waals surface area contributed by atoms with Gasteiger partial charge in [-0.05, 0) is 62.5 Å². The molecule has 4 rings (SSSR count). The van der Waals surface area contributed by atoms with Gasteiger partial charge < -0.3 is 14.8 Å². The van der Waals surface area contributed by atoms with Gasteiger partial charge in [-0.3, -0.25) is 9.97 Å². The van der Waals surface area contributed by atoms with Gasteiger partial charge in [-0.1, -0.05) is 6.07 Å². The lowest BCUT2D eigenvalue weighted by atomic mass is 10.0. The second-order valence-electron chi connectivity index (χ2n) is 6.36. The van der Waals surface area contributed by atoms with Crippen LogP contribution in [0, 0.1) is 6.92 Å². The molecule has 0 saturated carbocycles. The van der Waals surface area contributed by atoms with Crippen LogP contribution in [0.15, 0.2) is 61.1 Å². The van der Waals surface area contributed by atoms with Crippen molar-refractivity contribution in [1.29, 1.82) is 0 Å². The molecule has 1 N–H and O–H groups in total. The van der Waals surface area contributed by atoms with E-state index in [1.807, 2.05) is 30.6 Å². The zero-order valence-electron chi connectivity index (χ0n) is 14.8. The molecule has 3 aromatic rings. The molecule has 1 aliphatic heterocycles. The number of hydrogen-bond donors (Lipinski definition) is 1. The van der Waals surface area contributed by atoms with E-state index in [1.165, 1.54) is 11.4 Å². The second kappa shape index (κ2) is 6.88. The molecule has 2 atom stereocenters. The molecular weight excluding hydrogens is 342 g/mol. The Hall–Kier alpha value is -2.73. The molecule has 1 aliphatic rings. The predicted molar refractivity (Wildman–Crippen MR) is 106 cm³/mol. The maximum Gasteiger partial charge on any atom is 0.170 e. The molecule has 5 nitrogen and oxygen atoms in total. The van der Waals surface area contributed by atoms with Crippen molar-refractivity contribution >= 4 is 17.3 Å². The molecule has 0 bridgehead atoms. The van der Waals surface area contributed by atoms with Crippen LogP contribution in [0.1, 0.15) is 36.1 Å². The van der Waals surface area contributed by atoms with Crippen LogP contribution in [0.5, 0.6) is 0 Å². The fourth-order valence-electron chi connectivity index (χ4n) is 3.70. The molecule has 26 heavy (non-hydrogen) atoms. The molecule has 0 amide bonds. The molecule has 0 spiro atoms. The highest BCUT2D eigenvalue weighted by Crippen LogP contribution is 2.39. The van der Waals surface area contributed by atoms with Crippen molar-refractivity contribution in [1.82, 2.24) is 24.8 Å². The smallest absolute Gasteiger partial charge is 0.170 e. The molecule has 1 saturated heterocycles. The van der Waals surface area contributed by atoms with E-state index < -0.39 is 0 Å². The highest BCUT2D eigenvalue weighted by atomic mass is 32.1. The number of nitrogens with one attached hydrogen (secondary N) is 1. The van der Waals surface area contributed by atoms with E-state index in [2.05, 4.69) is 62.9 Å². The minimum Gasteiger partial charge on any atom is -0.352 e. The Bertz CT molecular complexity index is 906. The largest absolute Gasteiger partial charge is 0.352 e. The van der Waals surface area contributed by atoms with Crippen LogP contribution in [0.3, 0.4) is 0 Å². The quantitative estimate of drug-likeness (QED) is 0.718. The summed E-state index contributed by atoms with van der Waals surface area (Å²) in [5, 5.41) is 4.24. The van der Waals surface area contributed by atoms with Crippen molar-refractivity contribution in [3.05, 3.63) is 78.1 Å². The minimum atomic E-state index is 0.00775. The van der Waals surface area contributed by atoms with Crippen molar-refractivity contribution < 1.29 is 0 Å². The summed E-state index contributed by atoms with van der Waals surface area (Å²) < 4.78 is 2.26. The summed E-state index contributed by atoms with van der Waals surface area (Å²) in [5.74, 6) is 0. The Morgan fingerprint density at radius 2 is 2.00 bits per heavy atom. The van der Waals surface area contributed by atoms with Gasteiger partial charge in [0.05, 0.1) is 29.7 Å². The average molecular weight is 363 g/mol. The Morgan fingerprint density at radius 1 is 1.12 bits per heavy atom. The van der Waals surface area contributed by atoms with Crippen LogP contribution in [0.2, 0.25) is 0 Å². The molecule has 132 valence electrons. The average Bonchev–Trinajstić information content (AvgIpc) is 3.22. The van der Waals surface area contributed by atoms with Crippen molar-refractivity contribution in [3.63, 3.8) is 0 Å². The molecule has 0 aliphatic carbocycles. The van der Waals surface area contributed by atoms with E-state index in [1.54, 1.807) is 6.20 Å². The zero-order valence-corrected chi connectivity index (χ0v) is 15.6. The number of rotatable bonds is 4. The number of pyridine rings is 2. The Kier molecular flexibility index (Phi) is 4.42. The van der Waals surface area contributed by atoms with E-state index in [9.17, 15) is 0 Å². The third-order valence-corrected chi connectivity index (χ3v) is 5.20. The van der Waals surface area contributed by atoms with Crippen molar-refractivity contribution in [2.24, 2.45) is 0 Å². The van der Waals surface area contributed by atoms with E-state index in [0.717, 1.165) is 23.0 Å². The number of aromatic nitrogens is 3. The molecular formula is C20H21N5S. The molecule has 3 aromatic heterocycles. The fraction of sp³-hybridized carbons (Fsp3) is 0.250. The topological polar surface area (TPSA) is 46.0 Å². The first-order valence-corrected chi connectivity index (χ1v) is 9.18. The summed E-state index contributed by atoms with van der Waals surface area (Å²) in [5.41, 5.74) is 4.40. The fourth-order valence-corrected chi connectivity index (χ4v) is 4.07. The summed E-state index contributed by atoms with van der Waals surface area (Å²) in [6.45, 7) is 5.08. The van der Waals surface area contributed by atoms with Crippen LogP contribution in [0.4, 0.5) is 0 Å². The molecule has 0 unspecified atom stereocenters. The van der Waals surface area contributed by atoms with Gasteiger partial charge in [0.2, 0.25) is 0 Å². The van der Waals surface area contributed by atoms with E-state index in [-0.39, 0.29) is 12.1 Å². The summed E-state index contributed by atoms with van der Waals surface area (Å²) in [6, 6.07) is 14.4. The highest BCUT2D eigenvalue weighted by Gasteiger charge is 2.40. The number of likely N-dealkylation sites (N-methyl/N-ethyl adjacent to an activating group) is 1. The van der Waals surface area contributed by atoms with Gasteiger partial charge >= 0.3 is 0 Å². The molecule has 6 heteroatoms. The SMILES string of the molecule is CCN1C(=S)N[C@H](c2ccccn2)[C@@H]1c1ccc(C)n1-c1cccnc1. The van der Waals surface area contributed by atoms with Crippen molar-refractivity contribution in [2.45, 2.75) is 25.9 Å². The van der Waals surface area contributed by atoms with Gasteiger partial charge in [0, 0.05) is 30.3 Å². The standard InChI is InChI=1S/C20H21N5S/c1-3-24-19(18(23-20(24)26)16-8-4-5-12-22-16)17-10-9-14(2)25(17)15-7-6-11-21-13-15/h4-13,18-19H,3H2,1-2H3,(H,23,26)/t18-,19+/m1/s1. The minimum absolute atomic E-state index is 0.00775. The summed E-state index contributed by atoms with van der Waals surface area (Å²) in [7, 11) is 0. The van der Waals surface area contributed by atoms with Gasteiger partial charge in [-0.15, -0.1) is 0 Å². The monoisotopic (exact) mass is 363 g/mol. The third kappa shape index (κ3) is 2.76. The van der Waals surface area contributed by atoms with Crippen LogP contribution >= 0.6 is 12.2 Å². The van der Waals surface area contributed by atoms with E-state index >= 15 is 0 Å². The van der Waals surface area contributed by atoms with Crippen LogP contribution in [0.25, 0.3) is 5.69 Å². The lowest BCUT2D eigenvalue weighted by Crippen LogP contribution is -2.30. The zero-order chi connectivity index (χ0) is 18.1. The maximum atomic E-state index is 5.63. The van der Waals surface area contributed by atoms with E-state index in [0.29, 0.717) is 0 Å². The molecule has 0 radical (unpaired) electrons. The number of hydrogen-bond acceptors (Lipinski definition) is 3. The first-order chi connectivity index (χ1) is 12.7. The highest BCUT2D eigenvalue weighted by molar-refractivity contribution is 7.80. The van der Waals surface area contributed by atoms with Crippen molar-refractivity contribution in [3.8, 4) is 5.69 Å². The normalized spacial score (nSPS) is 19.6. The van der Waals surface area contributed by atoms with Crippen LogP contribution in [-0.2, 0) is 0 Å². The number of aryl methyl sites for hydroxylation is 1. The number of thiocarbonyl (C=S) groups is 1. The summed E-state index contributed by atoms with van der Waals surface area (Å²) in [6.07, 6.45) is 5.52. The second-order valence-corrected chi connectivity index (χ2v) is 6.75. The Morgan fingerprint density at radius 3 is 2.69 bits per heavy atom. The molecule has 1 fully saturated rings. The molecule has 0 aromatic carbocycles. The number of nitrogens with zero attached hydrogens (tertiary/aromatic N) is 4.